The second kappa shape index (κ2) is 4.62. The molecule has 1 nitrogen and oxygen atoms in total. The minimum Gasteiger partial charge on any atom is -0.508 e. The van der Waals surface area contributed by atoms with Gasteiger partial charge in [0.1, 0.15) is 5.75 Å². The summed E-state index contributed by atoms with van der Waals surface area (Å²) in [6.45, 7) is 6.46. The van der Waals surface area contributed by atoms with Crippen molar-refractivity contribution in [2.45, 2.75) is 26.7 Å². The van der Waals surface area contributed by atoms with Gasteiger partial charge in [0.2, 0.25) is 0 Å². The molecule has 0 aromatic heterocycles. The number of phenolic OH excluding ortho intramolecular Hbond substituents is 1. The highest BCUT2D eigenvalue weighted by Gasteiger charge is 2.10. The van der Waals surface area contributed by atoms with E-state index in [9.17, 15) is 5.11 Å². The fourth-order valence-corrected chi connectivity index (χ4v) is 2.25. The van der Waals surface area contributed by atoms with Gasteiger partial charge in [-0.25, -0.2) is 0 Å². The van der Waals surface area contributed by atoms with E-state index < -0.39 is 0 Å². The summed E-state index contributed by atoms with van der Waals surface area (Å²) in [5, 5.41) is 9.30. The standard InChI is InChI=1S/C16H18O/c1-11-4-9-16(12(2)10-11)13(3)14-5-7-15(17)8-6-14/h4-10,13,17H,1-3H3. The van der Waals surface area contributed by atoms with Crippen LogP contribution in [-0.4, -0.2) is 5.11 Å². The average Bonchev–Trinajstić information content (AvgIpc) is 2.29. The Morgan fingerprint density at radius 1 is 0.941 bits per heavy atom. The van der Waals surface area contributed by atoms with E-state index in [2.05, 4.69) is 39.0 Å². The van der Waals surface area contributed by atoms with Crippen LogP contribution < -0.4 is 0 Å². The Kier molecular flexibility index (Phi) is 3.19. The van der Waals surface area contributed by atoms with E-state index in [0.29, 0.717) is 11.7 Å². The molecule has 0 bridgehead atoms. The third kappa shape index (κ3) is 2.50. The third-order valence-corrected chi connectivity index (χ3v) is 3.28. The zero-order valence-electron chi connectivity index (χ0n) is 10.6. The van der Waals surface area contributed by atoms with Crippen LogP contribution in [-0.2, 0) is 0 Å². The molecule has 1 unspecified atom stereocenters. The normalized spacial score (nSPS) is 12.4. The molecule has 0 fully saturated rings. The summed E-state index contributed by atoms with van der Waals surface area (Å²) in [6, 6.07) is 14.0. The monoisotopic (exact) mass is 226 g/mol. The fraction of sp³-hybridized carbons (Fsp3) is 0.250. The van der Waals surface area contributed by atoms with E-state index in [-0.39, 0.29) is 0 Å². The van der Waals surface area contributed by atoms with Gasteiger partial charge in [-0.1, -0.05) is 42.8 Å². The van der Waals surface area contributed by atoms with Crippen molar-refractivity contribution in [2.75, 3.05) is 0 Å². The lowest BCUT2D eigenvalue weighted by molar-refractivity contribution is 0.475. The molecule has 1 atom stereocenters. The van der Waals surface area contributed by atoms with Gasteiger partial charge in [-0.15, -0.1) is 0 Å². The van der Waals surface area contributed by atoms with Gasteiger partial charge in [0.25, 0.3) is 0 Å². The number of hydrogen-bond acceptors (Lipinski definition) is 1. The molecule has 17 heavy (non-hydrogen) atoms. The highest BCUT2D eigenvalue weighted by molar-refractivity contribution is 5.40. The third-order valence-electron chi connectivity index (χ3n) is 3.28. The summed E-state index contributed by atoms with van der Waals surface area (Å²) in [7, 11) is 0. The van der Waals surface area contributed by atoms with Crippen LogP contribution >= 0.6 is 0 Å². The van der Waals surface area contributed by atoms with Gasteiger partial charge in [-0.2, -0.15) is 0 Å². The van der Waals surface area contributed by atoms with Crippen molar-refractivity contribution in [2.24, 2.45) is 0 Å². The highest BCUT2D eigenvalue weighted by atomic mass is 16.3. The summed E-state index contributed by atoms with van der Waals surface area (Å²) in [5.74, 6) is 0.678. The van der Waals surface area contributed by atoms with Crippen LogP contribution in [0.3, 0.4) is 0 Å². The summed E-state index contributed by atoms with van der Waals surface area (Å²) in [5.41, 5.74) is 5.20. The van der Waals surface area contributed by atoms with Gasteiger partial charge in [0.05, 0.1) is 0 Å². The topological polar surface area (TPSA) is 20.2 Å². The second-order valence-electron chi connectivity index (χ2n) is 4.67. The van der Waals surface area contributed by atoms with Crippen molar-refractivity contribution < 1.29 is 5.11 Å². The molecule has 0 aliphatic rings. The van der Waals surface area contributed by atoms with E-state index in [0.717, 1.165) is 0 Å². The molecular formula is C16H18O. The van der Waals surface area contributed by atoms with Crippen molar-refractivity contribution in [1.82, 2.24) is 0 Å². The minimum absolute atomic E-state index is 0.321. The lowest BCUT2D eigenvalue weighted by Crippen LogP contribution is -1.98. The maximum Gasteiger partial charge on any atom is 0.115 e. The molecular weight excluding hydrogens is 208 g/mol. The van der Waals surface area contributed by atoms with Crippen molar-refractivity contribution in [1.29, 1.82) is 0 Å². The van der Waals surface area contributed by atoms with Crippen molar-refractivity contribution in [3.63, 3.8) is 0 Å². The average molecular weight is 226 g/mol. The maximum absolute atomic E-state index is 9.30. The molecule has 1 N–H and O–H groups in total. The lowest BCUT2D eigenvalue weighted by atomic mass is 9.89. The molecule has 2 rings (SSSR count). The van der Waals surface area contributed by atoms with Crippen LogP contribution in [0.15, 0.2) is 42.5 Å². The Bertz CT molecular complexity index is 512. The molecule has 2 aromatic rings. The number of aryl methyl sites for hydroxylation is 2. The fourth-order valence-electron chi connectivity index (χ4n) is 2.25. The Morgan fingerprint density at radius 3 is 2.18 bits per heavy atom. The van der Waals surface area contributed by atoms with E-state index in [4.69, 9.17) is 0 Å². The van der Waals surface area contributed by atoms with Crippen molar-refractivity contribution in [3.8, 4) is 5.75 Å². The first-order chi connectivity index (χ1) is 8.08. The van der Waals surface area contributed by atoms with E-state index in [1.807, 2.05) is 12.1 Å². The number of hydrogen-bond donors (Lipinski definition) is 1. The highest BCUT2D eigenvalue weighted by Crippen LogP contribution is 2.28. The van der Waals surface area contributed by atoms with Gasteiger partial charge >= 0.3 is 0 Å². The lowest BCUT2D eigenvalue weighted by Gasteiger charge is -2.15. The van der Waals surface area contributed by atoms with E-state index >= 15 is 0 Å². The van der Waals surface area contributed by atoms with Crippen LogP contribution in [0, 0.1) is 13.8 Å². The van der Waals surface area contributed by atoms with E-state index in [1.54, 1.807) is 12.1 Å². The summed E-state index contributed by atoms with van der Waals surface area (Å²) in [6.07, 6.45) is 0. The van der Waals surface area contributed by atoms with Crippen molar-refractivity contribution >= 4 is 0 Å². The summed E-state index contributed by atoms with van der Waals surface area (Å²) >= 11 is 0. The number of aromatic hydroxyl groups is 1. The van der Waals surface area contributed by atoms with Gasteiger partial charge < -0.3 is 5.11 Å². The number of benzene rings is 2. The molecule has 2 aromatic carbocycles. The molecule has 0 radical (unpaired) electrons. The van der Waals surface area contributed by atoms with E-state index in [1.165, 1.54) is 22.3 Å². The molecule has 1 heteroatoms. The molecule has 0 amide bonds. The van der Waals surface area contributed by atoms with Crippen LogP contribution in [0.25, 0.3) is 0 Å². The largest absolute Gasteiger partial charge is 0.508 e. The Hall–Kier alpha value is -1.76. The van der Waals surface area contributed by atoms with Crippen LogP contribution in [0.1, 0.15) is 35.1 Å². The molecule has 0 heterocycles. The van der Waals surface area contributed by atoms with Crippen molar-refractivity contribution in [3.05, 3.63) is 64.7 Å². The summed E-state index contributed by atoms with van der Waals surface area (Å²) in [4.78, 5) is 0. The second-order valence-corrected chi connectivity index (χ2v) is 4.67. The molecule has 0 aliphatic carbocycles. The van der Waals surface area contributed by atoms with Gasteiger partial charge in [0, 0.05) is 5.92 Å². The van der Waals surface area contributed by atoms with Gasteiger partial charge in [-0.05, 0) is 42.7 Å². The Morgan fingerprint density at radius 2 is 1.59 bits per heavy atom. The molecule has 0 spiro atoms. The van der Waals surface area contributed by atoms with Crippen LogP contribution in [0.5, 0.6) is 5.75 Å². The quantitative estimate of drug-likeness (QED) is 0.815. The number of rotatable bonds is 2. The SMILES string of the molecule is Cc1ccc(C(C)c2ccc(O)cc2)c(C)c1. The minimum atomic E-state index is 0.321. The first kappa shape index (κ1) is 11.7. The first-order valence-electron chi connectivity index (χ1n) is 5.94. The summed E-state index contributed by atoms with van der Waals surface area (Å²) < 4.78 is 0. The van der Waals surface area contributed by atoms with Gasteiger partial charge in [0.15, 0.2) is 0 Å². The maximum atomic E-state index is 9.30. The Labute approximate surface area is 103 Å². The zero-order chi connectivity index (χ0) is 12.4. The van der Waals surface area contributed by atoms with Crippen LogP contribution in [0.4, 0.5) is 0 Å². The zero-order valence-corrected chi connectivity index (χ0v) is 10.6. The van der Waals surface area contributed by atoms with Gasteiger partial charge in [-0.3, -0.25) is 0 Å². The predicted molar refractivity (Wildman–Crippen MR) is 71.5 cm³/mol. The smallest absolute Gasteiger partial charge is 0.115 e. The predicted octanol–water partition coefficient (Wildman–Crippen LogP) is 4.16. The van der Waals surface area contributed by atoms with Crippen LogP contribution in [0.2, 0.25) is 0 Å². The molecule has 0 aliphatic heterocycles. The Balaban J connectivity index is 2.36. The number of phenols is 1. The molecule has 0 saturated carbocycles. The first-order valence-corrected chi connectivity index (χ1v) is 5.94. The molecule has 88 valence electrons. The molecule has 0 saturated heterocycles.